The average Bonchev–Trinajstić information content (AvgIpc) is 3.41. The number of nitrogens with one attached hydrogen (secondary N) is 1. The van der Waals surface area contributed by atoms with E-state index in [4.69, 9.17) is 14.4 Å². The van der Waals surface area contributed by atoms with Crippen LogP contribution in [0.4, 0.5) is 5.82 Å². The van der Waals surface area contributed by atoms with Crippen molar-refractivity contribution in [3.63, 3.8) is 0 Å². The van der Waals surface area contributed by atoms with E-state index in [2.05, 4.69) is 26.6 Å². The number of aromatic amines is 1. The number of fused-ring (bicyclic) bond motifs is 2. The summed E-state index contributed by atoms with van der Waals surface area (Å²) in [6, 6.07) is 15.6. The summed E-state index contributed by atoms with van der Waals surface area (Å²) in [5.41, 5.74) is 4.44. The molecule has 3 heterocycles. The molecule has 0 bridgehead atoms. The van der Waals surface area contributed by atoms with Crippen LogP contribution in [-0.2, 0) is 0 Å². The van der Waals surface area contributed by atoms with Crippen LogP contribution in [0.15, 0.2) is 58.3 Å². The van der Waals surface area contributed by atoms with E-state index < -0.39 is 5.92 Å². The fourth-order valence-electron chi connectivity index (χ4n) is 3.72. The Hall–Kier alpha value is -3.99. The van der Waals surface area contributed by atoms with Crippen LogP contribution in [0.5, 0.6) is 5.75 Å². The fourth-order valence-corrected chi connectivity index (χ4v) is 3.72. The molecule has 0 radical (unpaired) electrons. The highest BCUT2D eigenvalue weighted by atomic mass is 16.6. The van der Waals surface area contributed by atoms with E-state index in [-0.39, 0.29) is 5.92 Å². The molecule has 0 amide bonds. The quantitative estimate of drug-likeness (QED) is 0.591. The molecule has 28 heavy (non-hydrogen) atoms. The minimum atomic E-state index is -0.542. The maximum absolute atomic E-state index is 10.1. The van der Waals surface area contributed by atoms with Crippen molar-refractivity contribution in [1.82, 2.24) is 20.5 Å². The van der Waals surface area contributed by atoms with Gasteiger partial charge in [0, 0.05) is 17.0 Å². The third-order valence-electron chi connectivity index (χ3n) is 5.00. The Morgan fingerprint density at radius 2 is 2.04 bits per heavy atom. The maximum atomic E-state index is 10.1. The highest BCUT2D eigenvalue weighted by Gasteiger charge is 2.38. The van der Waals surface area contributed by atoms with Gasteiger partial charge in [-0.05, 0) is 34.1 Å². The largest absolute Gasteiger partial charge is 0.497 e. The van der Waals surface area contributed by atoms with E-state index in [9.17, 15) is 5.26 Å². The van der Waals surface area contributed by atoms with Gasteiger partial charge in [0.15, 0.2) is 5.82 Å². The zero-order valence-corrected chi connectivity index (χ0v) is 14.8. The number of aromatic nitrogens is 4. The van der Waals surface area contributed by atoms with Crippen molar-refractivity contribution >= 4 is 22.6 Å². The molecule has 1 aliphatic heterocycles. The summed E-state index contributed by atoms with van der Waals surface area (Å²) in [6.07, 6.45) is 1.71. The minimum absolute atomic E-state index is 0.312. The molecule has 8 heteroatoms. The molecular formula is C20H14N6O2. The molecule has 2 unspecified atom stereocenters. The van der Waals surface area contributed by atoms with Gasteiger partial charge >= 0.3 is 0 Å². The number of H-pyrrole nitrogens is 1. The van der Waals surface area contributed by atoms with E-state index >= 15 is 0 Å². The van der Waals surface area contributed by atoms with Crippen LogP contribution in [0, 0.1) is 17.2 Å². The van der Waals surface area contributed by atoms with Gasteiger partial charge in [-0.3, -0.25) is 5.10 Å². The number of methoxy groups -OCH3 is 1. The summed E-state index contributed by atoms with van der Waals surface area (Å²) < 4.78 is 10.3. The Morgan fingerprint density at radius 3 is 2.89 bits per heavy atom. The third kappa shape index (κ3) is 2.37. The van der Waals surface area contributed by atoms with Gasteiger partial charge in [0.25, 0.3) is 0 Å². The van der Waals surface area contributed by atoms with Crippen molar-refractivity contribution in [3.8, 4) is 11.8 Å². The van der Waals surface area contributed by atoms with Crippen molar-refractivity contribution in [3.05, 3.63) is 65.4 Å². The van der Waals surface area contributed by atoms with E-state index in [1.54, 1.807) is 13.3 Å². The fraction of sp³-hybridized carbons (Fsp3) is 0.150. The molecule has 5 rings (SSSR count). The number of ether oxygens (including phenoxy) is 1. The van der Waals surface area contributed by atoms with Gasteiger partial charge < -0.3 is 4.74 Å². The highest BCUT2D eigenvalue weighted by Crippen LogP contribution is 2.44. The number of rotatable bonds is 3. The molecule has 2 aromatic carbocycles. The van der Waals surface area contributed by atoms with Crippen molar-refractivity contribution in [2.75, 3.05) is 7.11 Å². The first-order chi connectivity index (χ1) is 13.8. The summed E-state index contributed by atoms with van der Waals surface area (Å²) >= 11 is 0. The first kappa shape index (κ1) is 16.2. The molecule has 0 spiro atoms. The zero-order chi connectivity index (χ0) is 19.1. The minimum Gasteiger partial charge on any atom is -0.497 e. The van der Waals surface area contributed by atoms with Crippen molar-refractivity contribution in [2.45, 2.75) is 5.92 Å². The molecule has 0 fully saturated rings. The molecule has 4 aromatic rings. The van der Waals surface area contributed by atoms with Crippen LogP contribution in [0.2, 0.25) is 0 Å². The second-order valence-corrected chi connectivity index (χ2v) is 6.47. The number of benzene rings is 2. The Kier molecular flexibility index (Phi) is 3.66. The molecule has 0 saturated carbocycles. The van der Waals surface area contributed by atoms with Crippen LogP contribution in [0.25, 0.3) is 11.0 Å². The third-order valence-corrected chi connectivity index (χ3v) is 5.00. The molecule has 0 saturated heterocycles. The molecule has 0 aliphatic carbocycles. The zero-order valence-electron chi connectivity index (χ0n) is 14.8. The van der Waals surface area contributed by atoms with E-state index in [0.717, 1.165) is 16.7 Å². The van der Waals surface area contributed by atoms with Gasteiger partial charge in [0.1, 0.15) is 22.7 Å². The van der Waals surface area contributed by atoms with Gasteiger partial charge in [-0.25, -0.2) is 9.62 Å². The van der Waals surface area contributed by atoms with Crippen LogP contribution in [-0.4, -0.2) is 33.3 Å². The Bertz CT molecular complexity index is 1250. The summed E-state index contributed by atoms with van der Waals surface area (Å²) in [5, 5.41) is 25.2. The number of hydrogen-bond donors (Lipinski definition) is 1. The molecule has 1 N–H and O–H groups in total. The van der Waals surface area contributed by atoms with Crippen LogP contribution in [0.3, 0.4) is 0 Å². The van der Waals surface area contributed by atoms with Gasteiger partial charge in [-0.2, -0.15) is 10.4 Å². The molecule has 136 valence electrons. The number of nitriles is 1. The number of nitrogens with zero attached hydrogens (tertiary/aromatic N) is 5. The Morgan fingerprint density at radius 1 is 1.14 bits per heavy atom. The molecule has 2 aromatic heterocycles. The lowest BCUT2D eigenvalue weighted by Gasteiger charge is -2.27. The van der Waals surface area contributed by atoms with Crippen LogP contribution >= 0.6 is 0 Å². The standard InChI is InChI=1S/C20H14N6O2/c1-27-12-5-2-4-11(8-12)18-14(9-21)17(15-10-22-24-20(15)23-18)13-6-3-7-16-19(13)26-28-25-16/h2-8,10,14,17H,1H3,(H,22,24). The lowest BCUT2D eigenvalue weighted by Crippen LogP contribution is -2.26. The number of hydrogen-bond acceptors (Lipinski definition) is 7. The lowest BCUT2D eigenvalue weighted by molar-refractivity contribution is 0.315. The second-order valence-electron chi connectivity index (χ2n) is 6.47. The SMILES string of the molecule is COc1cccc(C2=Nc3[nH]ncc3C(c3cccc4nonc34)C2C#N)c1. The summed E-state index contributed by atoms with van der Waals surface area (Å²) in [5.74, 6) is 0.474. The first-order valence-electron chi connectivity index (χ1n) is 8.67. The number of aliphatic imine (C=N–C) groups is 1. The average molecular weight is 370 g/mol. The topological polar surface area (TPSA) is 113 Å². The molecule has 1 aliphatic rings. The van der Waals surface area contributed by atoms with Crippen LogP contribution < -0.4 is 4.74 Å². The van der Waals surface area contributed by atoms with Gasteiger partial charge in [-0.1, -0.05) is 24.3 Å². The summed E-state index contributed by atoms with van der Waals surface area (Å²) in [7, 11) is 1.61. The van der Waals surface area contributed by atoms with Gasteiger partial charge in [0.05, 0.1) is 25.1 Å². The monoisotopic (exact) mass is 370 g/mol. The van der Waals surface area contributed by atoms with E-state index in [1.807, 2.05) is 42.5 Å². The lowest BCUT2D eigenvalue weighted by atomic mass is 9.76. The summed E-state index contributed by atoms with van der Waals surface area (Å²) in [4.78, 5) is 4.71. The first-order valence-corrected chi connectivity index (χ1v) is 8.67. The molecular weight excluding hydrogens is 356 g/mol. The molecule has 2 atom stereocenters. The van der Waals surface area contributed by atoms with Crippen LogP contribution in [0.1, 0.15) is 22.6 Å². The Labute approximate surface area is 159 Å². The second kappa shape index (κ2) is 6.32. The van der Waals surface area contributed by atoms with E-state index in [1.165, 1.54) is 0 Å². The summed E-state index contributed by atoms with van der Waals surface area (Å²) in [6.45, 7) is 0. The van der Waals surface area contributed by atoms with Crippen molar-refractivity contribution in [1.29, 1.82) is 5.26 Å². The van der Waals surface area contributed by atoms with Crippen molar-refractivity contribution in [2.24, 2.45) is 10.9 Å². The predicted octanol–water partition coefficient (Wildman–Crippen LogP) is 3.36. The normalized spacial score (nSPS) is 18.4. The van der Waals surface area contributed by atoms with E-state index in [0.29, 0.717) is 28.3 Å². The van der Waals surface area contributed by atoms with Gasteiger partial charge in [0.2, 0.25) is 0 Å². The smallest absolute Gasteiger partial charge is 0.152 e. The predicted molar refractivity (Wildman–Crippen MR) is 101 cm³/mol. The highest BCUT2D eigenvalue weighted by molar-refractivity contribution is 6.07. The Balaban J connectivity index is 1.74. The van der Waals surface area contributed by atoms with Crippen molar-refractivity contribution < 1.29 is 9.37 Å². The van der Waals surface area contributed by atoms with Gasteiger partial charge in [-0.15, -0.1) is 0 Å². The molecule has 8 nitrogen and oxygen atoms in total. The maximum Gasteiger partial charge on any atom is 0.152 e.